The molecule has 2 aromatic carbocycles. The fourth-order valence-electron chi connectivity index (χ4n) is 5.19. The number of benzene rings is 2. The molecule has 0 radical (unpaired) electrons. The molecule has 2 aromatic rings. The SMILES string of the molecule is Cc1cc(CN2CCSCC2)ccc1NC(=O)C1(c2ccc3c(c2)OCCO3)CCCC1. The van der Waals surface area contributed by atoms with E-state index in [4.69, 9.17) is 9.47 Å². The second kappa shape index (κ2) is 9.36. The molecule has 2 aliphatic heterocycles. The molecule has 32 heavy (non-hydrogen) atoms. The molecule has 1 saturated heterocycles. The maximum Gasteiger partial charge on any atom is 0.235 e. The summed E-state index contributed by atoms with van der Waals surface area (Å²) < 4.78 is 11.5. The summed E-state index contributed by atoms with van der Waals surface area (Å²) in [6, 6.07) is 12.5. The van der Waals surface area contributed by atoms with Crippen LogP contribution >= 0.6 is 11.8 Å². The predicted molar refractivity (Wildman–Crippen MR) is 130 cm³/mol. The fourth-order valence-corrected chi connectivity index (χ4v) is 6.17. The number of hydrogen-bond donors (Lipinski definition) is 1. The number of rotatable bonds is 5. The first-order valence-electron chi connectivity index (χ1n) is 11.8. The van der Waals surface area contributed by atoms with Crippen molar-refractivity contribution in [3.05, 3.63) is 53.1 Å². The molecule has 2 heterocycles. The summed E-state index contributed by atoms with van der Waals surface area (Å²) in [5.41, 5.74) is 3.88. The van der Waals surface area contributed by atoms with Crippen molar-refractivity contribution in [2.45, 2.75) is 44.6 Å². The van der Waals surface area contributed by atoms with Gasteiger partial charge in [-0.25, -0.2) is 0 Å². The summed E-state index contributed by atoms with van der Waals surface area (Å²) in [6.07, 6.45) is 3.85. The third-order valence-electron chi connectivity index (χ3n) is 7.04. The van der Waals surface area contributed by atoms with Crippen LogP contribution in [0.15, 0.2) is 36.4 Å². The van der Waals surface area contributed by atoms with Gasteiger partial charge in [0.15, 0.2) is 11.5 Å². The van der Waals surface area contributed by atoms with Gasteiger partial charge < -0.3 is 14.8 Å². The van der Waals surface area contributed by atoms with Crippen molar-refractivity contribution in [1.29, 1.82) is 0 Å². The lowest BCUT2D eigenvalue weighted by Gasteiger charge is -2.30. The lowest BCUT2D eigenvalue weighted by molar-refractivity contribution is -0.121. The Bertz CT molecular complexity index is 981. The van der Waals surface area contributed by atoms with Crippen LogP contribution < -0.4 is 14.8 Å². The minimum Gasteiger partial charge on any atom is -0.486 e. The van der Waals surface area contributed by atoms with E-state index >= 15 is 0 Å². The van der Waals surface area contributed by atoms with Gasteiger partial charge in [-0.1, -0.05) is 31.0 Å². The number of fused-ring (bicyclic) bond motifs is 1. The highest BCUT2D eigenvalue weighted by atomic mass is 32.2. The standard InChI is InChI=1S/C26H32N2O3S/c1-19-16-20(18-28-10-14-32-15-11-28)4-6-22(19)27-25(29)26(8-2-3-9-26)21-5-7-23-24(17-21)31-13-12-30-23/h4-7,16-17H,2-3,8-15,18H2,1H3,(H,27,29). The molecule has 170 valence electrons. The summed E-state index contributed by atoms with van der Waals surface area (Å²) in [6.45, 7) is 6.51. The molecule has 0 bridgehead atoms. The van der Waals surface area contributed by atoms with E-state index in [1.54, 1.807) is 0 Å². The Kier molecular flexibility index (Phi) is 6.33. The number of amides is 1. The average Bonchev–Trinajstić information content (AvgIpc) is 3.33. The minimum atomic E-state index is -0.508. The minimum absolute atomic E-state index is 0.0931. The van der Waals surface area contributed by atoms with Crippen LogP contribution in [-0.2, 0) is 16.8 Å². The molecule has 1 saturated carbocycles. The summed E-state index contributed by atoms with van der Waals surface area (Å²) in [5, 5.41) is 3.27. The molecule has 1 amide bonds. The second-order valence-corrected chi connectivity index (χ2v) is 10.4. The number of nitrogens with zero attached hydrogens (tertiary/aromatic N) is 1. The Morgan fingerprint density at radius 3 is 2.53 bits per heavy atom. The van der Waals surface area contributed by atoms with Crippen LogP contribution in [0.3, 0.4) is 0 Å². The van der Waals surface area contributed by atoms with Crippen molar-refractivity contribution in [1.82, 2.24) is 4.90 Å². The Morgan fingerprint density at radius 1 is 1.03 bits per heavy atom. The van der Waals surface area contributed by atoms with Crippen LogP contribution in [0, 0.1) is 6.92 Å². The number of hydrogen-bond acceptors (Lipinski definition) is 5. The highest BCUT2D eigenvalue weighted by Crippen LogP contribution is 2.45. The van der Waals surface area contributed by atoms with Gasteiger partial charge in [0.25, 0.3) is 0 Å². The maximum absolute atomic E-state index is 13.7. The molecular formula is C26H32N2O3S. The van der Waals surface area contributed by atoms with E-state index in [0.717, 1.165) is 73.6 Å². The topological polar surface area (TPSA) is 50.8 Å². The van der Waals surface area contributed by atoms with E-state index in [1.165, 1.54) is 17.1 Å². The van der Waals surface area contributed by atoms with Gasteiger partial charge in [-0.15, -0.1) is 0 Å². The zero-order valence-electron chi connectivity index (χ0n) is 18.8. The van der Waals surface area contributed by atoms with Crippen LogP contribution in [0.2, 0.25) is 0 Å². The Labute approximate surface area is 194 Å². The van der Waals surface area contributed by atoms with Crippen molar-refractivity contribution in [3.63, 3.8) is 0 Å². The normalized spacial score (nSPS) is 20.2. The average molecular weight is 453 g/mol. The van der Waals surface area contributed by atoms with E-state index in [2.05, 4.69) is 35.3 Å². The Balaban J connectivity index is 1.34. The van der Waals surface area contributed by atoms with Crippen LogP contribution in [0.25, 0.3) is 0 Å². The smallest absolute Gasteiger partial charge is 0.235 e. The van der Waals surface area contributed by atoms with Gasteiger partial charge in [0.1, 0.15) is 13.2 Å². The van der Waals surface area contributed by atoms with Crippen molar-refractivity contribution in [2.24, 2.45) is 0 Å². The Hall–Kier alpha value is -2.18. The monoisotopic (exact) mass is 452 g/mol. The summed E-state index contributed by atoms with van der Waals surface area (Å²) in [5.74, 6) is 4.05. The van der Waals surface area contributed by atoms with Gasteiger partial charge in [0.05, 0.1) is 5.41 Å². The largest absolute Gasteiger partial charge is 0.486 e. The van der Waals surface area contributed by atoms with Gasteiger partial charge in [-0.05, 0) is 54.7 Å². The van der Waals surface area contributed by atoms with Gasteiger partial charge in [0.2, 0.25) is 5.91 Å². The molecule has 3 aliphatic rings. The summed E-state index contributed by atoms with van der Waals surface area (Å²) in [4.78, 5) is 16.2. The molecule has 0 spiro atoms. The number of thioether (sulfide) groups is 1. The molecule has 6 heteroatoms. The zero-order valence-corrected chi connectivity index (χ0v) is 19.6. The highest BCUT2D eigenvalue weighted by Gasteiger charge is 2.43. The molecule has 5 nitrogen and oxygen atoms in total. The van der Waals surface area contributed by atoms with Gasteiger partial charge in [0, 0.05) is 36.8 Å². The number of carbonyl (C=O) groups is 1. The van der Waals surface area contributed by atoms with E-state index in [0.29, 0.717) is 13.2 Å². The second-order valence-electron chi connectivity index (χ2n) is 9.14. The lowest BCUT2D eigenvalue weighted by Crippen LogP contribution is -2.38. The molecule has 0 unspecified atom stereocenters. The zero-order chi connectivity index (χ0) is 22.0. The third-order valence-corrected chi connectivity index (χ3v) is 7.98. The molecule has 1 N–H and O–H groups in total. The fraction of sp³-hybridized carbons (Fsp3) is 0.500. The molecular weight excluding hydrogens is 420 g/mol. The molecule has 0 aromatic heterocycles. The first kappa shape index (κ1) is 21.7. The third kappa shape index (κ3) is 4.35. The van der Waals surface area contributed by atoms with Gasteiger partial charge >= 0.3 is 0 Å². The summed E-state index contributed by atoms with van der Waals surface area (Å²) in [7, 11) is 0. The van der Waals surface area contributed by atoms with E-state index in [9.17, 15) is 4.79 Å². The van der Waals surface area contributed by atoms with Crippen LogP contribution in [0.1, 0.15) is 42.4 Å². The summed E-state index contributed by atoms with van der Waals surface area (Å²) >= 11 is 2.03. The van der Waals surface area contributed by atoms with E-state index in [-0.39, 0.29) is 5.91 Å². The van der Waals surface area contributed by atoms with Gasteiger partial charge in [-0.3, -0.25) is 9.69 Å². The van der Waals surface area contributed by atoms with Crippen LogP contribution in [0.4, 0.5) is 5.69 Å². The molecule has 1 aliphatic carbocycles. The van der Waals surface area contributed by atoms with Gasteiger partial charge in [-0.2, -0.15) is 11.8 Å². The number of anilines is 1. The lowest BCUT2D eigenvalue weighted by atomic mass is 9.77. The number of ether oxygens (including phenoxy) is 2. The first-order valence-corrected chi connectivity index (χ1v) is 12.9. The van der Waals surface area contributed by atoms with Crippen LogP contribution in [-0.4, -0.2) is 48.6 Å². The molecule has 2 fully saturated rings. The number of carbonyl (C=O) groups excluding carboxylic acids is 1. The first-order chi connectivity index (χ1) is 15.6. The number of aryl methyl sites for hydroxylation is 1. The Morgan fingerprint density at radius 2 is 1.78 bits per heavy atom. The quantitative estimate of drug-likeness (QED) is 0.709. The van der Waals surface area contributed by atoms with Crippen LogP contribution in [0.5, 0.6) is 11.5 Å². The highest BCUT2D eigenvalue weighted by molar-refractivity contribution is 7.99. The van der Waals surface area contributed by atoms with Crippen molar-refractivity contribution < 1.29 is 14.3 Å². The number of nitrogens with one attached hydrogen (secondary N) is 1. The maximum atomic E-state index is 13.7. The van der Waals surface area contributed by atoms with Crippen molar-refractivity contribution in [2.75, 3.05) is 43.1 Å². The van der Waals surface area contributed by atoms with E-state index < -0.39 is 5.41 Å². The van der Waals surface area contributed by atoms with Crippen molar-refractivity contribution >= 4 is 23.4 Å². The molecule has 0 atom stereocenters. The van der Waals surface area contributed by atoms with Crippen molar-refractivity contribution in [3.8, 4) is 11.5 Å². The van der Waals surface area contributed by atoms with E-state index in [1.807, 2.05) is 30.0 Å². The molecule has 5 rings (SSSR count). The predicted octanol–water partition coefficient (Wildman–Crippen LogP) is 4.77.